The first-order valence-corrected chi connectivity index (χ1v) is 4.59. The second kappa shape index (κ2) is 2.73. The third kappa shape index (κ3) is 1.13. The highest BCUT2D eigenvalue weighted by molar-refractivity contribution is 5.24. The second-order valence-electron chi connectivity index (χ2n) is 3.77. The molecule has 0 aromatic carbocycles. The van der Waals surface area contributed by atoms with Gasteiger partial charge in [-0.25, -0.2) is 0 Å². The van der Waals surface area contributed by atoms with Crippen molar-refractivity contribution < 1.29 is 0 Å². The SMILES string of the molecule is CC1c2c(c(=O)[nH]n2C)CCN1C. The van der Waals surface area contributed by atoms with Gasteiger partial charge in [0.1, 0.15) is 0 Å². The van der Waals surface area contributed by atoms with Crippen molar-refractivity contribution >= 4 is 0 Å². The Morgan fingerprint density at radius 1 is 1.46 bits per heavy atom. The quantitative estimate of drug-likeness (QED) is 0.624. The van der Waals surface area contributed by atoms with E-state index in [-0.39, 0.29) is 5.56 Å². The Bertz CT molecular complexity index is 377. The molecule has 2 rings (SSSR count). The first-order chi connectivity index (χ1) is 6.11. The Labute approximate surface area is 77.1 Å². The first-order valence-electron chi connectivity index (χ1n) is 4.59. The molecule has 1 atom stereocenters. The van der Waals surface area contributed by atoms with Crippen LogP contribution in [0.5, 0.6) is 0 Å². The maximum absolute atomic E-state index is 11.4. The fourth-order valence-corrected chi connectivity index (χ4v) is 2.06. The van der Waals surface area contributed by atoms with Crippen LogP contribution in [0.15, 0.2) is 4.79 Å². The van der Waals surface area contributed by atoms with E-state index in [2.05, 4.69) is 24.0 Å². The number of nitrogens with zero attached hydrogens (tertiary/aromatic N) is 2. The van der Waals surface area contributed by atoms with Gasteiger partial charge in [-0.15, -0.1) is 0 Å². The molecule has 4 nitrogen and oxygen atoms in total. The van der Waals surface area contributed by atoms with Crippen molar-refractivity contribution in [3.8, 4) is 0 Å². The fraction of sp³-hybridized carbons (Fsp3) is 0.667. The van der Waals surface area contributed by atoms with Crippen molar-refractivity contribution in [1.29, 1.82) is 0 Å². The summed E-state index contributed by atoms with van der Waals surface area (Å²) in [5.41, 5.74) is 2.18. The number of likely N-dealkylation sites (N-methyl/N-ethyl adjacent to an activating group) is 1. The Kier molecular flexibility index (Phi) is 1.80. The van der Waals surface area contributed by atoms with Gasteiger partial charge in [-0.3, -0.25) is 19.5 Å². The lowest BCUT2D eigenvalue weighted by atomic mass is 10.0. The number of aryl methyl sites for hydroxylation is 1. The van der Waals surface area contributed by atoms with Gasteiger partial charge in [0.15, 0.2) is 0 Å². The Balaban J connectivity index is 2.59. The molecule has 1 unspecified atom stereocenters. The Morgan fingerprint density at radius 2 is 2.15 bits per heavy atom. The summed E-state index contributed by atoms with van der Waals surface area (Å²) in [5, 5.41) is 2.80. The van der Waals surface area contributed by atoms with Crippen molar-refractivity contribution in [2.75, 3.05) is 13.6 Å². The lowest BCUT2D eigenvalue weighted by Gasteiger charge is -2.29. The number of rotatable bonds is 0. The van der Waals surface area contributed by atoms with Crippen molar-refractivity contribution in [1.82, 2.24) is 14.7 Å². The molecule has 13 heavy (non-hydrogen) atoms. The number of aromatic nitrogens is 2. The number of fused-ring (bicyclic) bond motifs is 1. The summed E-state index contributed by atoms with van der Waals surface area (Å²) in [4.78, 5) is 13.7. The molecular formula is C9H15N3O. The molecule has 0 saturated carbocycles. The molecule has 1 N–H and O–H groups in total. The van der Waals surface area contributed by atoms with Gasteiger partial charge in [0.05, 0.1) is 5.69 Å². The number of hydrogen-bond acceptors (Lipinski definition) is 2. The smallest absolute Gasteiger partial charge is 0.267 e. The molecule has 0 spiro atoms. The zero-order chi connectivity index (χ0) is 9.59. The summed E-state index contributed by atoms with van der Waals surface area (Å²) < 4.78 is 1.85. The molecule has 0 aliphatic carbocycles. The van der Waals surface area contributed by atoms with E-state index in [1.54, 1.807) is 0 Å². The van der Waals surface area contributed by atoms with E-state index < -0.39 is 0 Å². The molecule has 0 fully saturated rings. The minimum Gasteiger partial charge on any atom is -0.298 e. The highest BCUT2D eigenvalue weighted by atomic mass is 16.1. The van der Waals surface area contributed by atoms with Crippen LogP contribution >= 0.6 is 0 Å². The van der Waals surface area contributed by atoms with Crippen LogP contribution in [0.25, 0.3) is 0 Å². The van der Waals surface area contributed by atoms with Gasteiger partial charge in [-0.2, -0.15) is 0 Å². The summed E-state index contributed by atoms with van der Waals surface area (Å²) >= 11 is 0. The summed E-state index contributed by atoms with van der Waals surface area (Å²) in [6.07, 6.45) is 0.867. The maximum Gasteiger partial charge on any atom is 0.267 e. The summed E-state index contributed by atoms with van der Waals surface area (Å²) in [6, 6.07) is 0.340. The zero-order valence-electron chi connectivity index (χ0n) is 8.29. The highest BCUT2D eigenvalue weighted by Crippen LogP contribution is 2.24. The lowest BCUT2D eigenvalue weighted by Crippen LogP contribution is -2.32. The molecule has 0 bridgehead atoms. The van der Waals surface area contributed by atoms with Crippen molar-refractivity contribution in [3.05, 3.63) is 21.6 Å². The predicted molar refractivity (Wildman–Crippen MR) is 50.8 cm³/mol. The average molecular weight is 181 g/mol. The van der Waals surface area contributed by atoms with Crippen LogP contribution in [-0.2, 0) is 13.5 Å². The Hall–Kier alpha value is -1.03. The van der Waals surface area contributed by atoms with E-state index in [0.717, 1.165) is 24.2 Å². The van der Waals surface area contributed by atoms with Crippen LogP contribution in [0.2, 0.25) is 0 Å². The molecule has 4 heteroatoms. The van der Waals surface area contributed by atoms with Gasteiger partial charge in [-0.05, 0) is 20.4 Å². The van der Waals surface area contributed by atoms with E-state index in [0.29, 0.717) is 6.04 Å². The highest BCUT2D eigenvalue weighted by Gasteiger charge is 2.26. The van der Waals surface area contributed by atoms with Gasteiger partial charge in [-0.1, -0.05) is 0 Å². The monoisotopic (exact) mass is 181 g/mol. The van der Waals surface area contributed by atoms with Crippen LogP contribution in [0.4, 0.5) is 0 Å². The first kappa shape index (κ1) is 8.56. The minimum atomic E-state index is 0.0810. The van der Waals surface area contributed by atoms with Gasteiger partial charge in [0.2, 0.25) is 0 Å². The molecule has 72 valence electrons. The third-order valence-corrected chi connectivity index (χ3v) is 2.99. The van der Waals surface area contributed by atoms with Crippen LogP contribution < -0.4 is 5.56 Å². The van der Waals surface area contributed by atoms with Gasteiger partial charge >= 0.3 is 0 Å². The summed E-state index contributed by atoms with van der Waals surface area (Å²) in [7, 11) is 3.99. The van der Waals surface area contributed by atoms with Gasteiger partial charge in [0.25, 0.3) is 5.56 Å². The second-order valence-corrected chi connectivity index (χ2v) is 3.77. The molecule has 1 aromatic rings. The standard InChI is InChI=1S/C9H15N3O/c1-6-8-7(4-5-11(6)2)9(13)10-12(8)3/h6H,4-5H2,1-3H3,(H,10,13). The van der Waals surface area contributed by atoms with E-state index in [1.165, 1.54) is 0 Å². The van der Waals surface area contributed by atoms with Crippen LogP contribution in [0.1, 0.15) is 24.2 Å². The Morgan fingerprint density at radius 3 is 2.85 bits per heavy atom. The topological polar surface area (TPSA) is 41.0 Å². The predicted octanol–water partition coefficient (Wildman–Crippen LogP) is 0.262. The van der Waals surface area contributed by atoms with E-state index in [1.807, 2.05) is 11.7 Å². The molecule has 0 saturated heterocycles. The van der Waals surface area contributed by atoms with Crippen LogP contribution in [0.3, 0.4) is 0 Å². The normalized spacial score (nSPS) is 23.2. The van der Waals surface area contributed by atoms with Crippen molar-refractivity contribution in [3.63, 3.8) is 0 Å². The number of aromatic amines is 1. The molecule has 2 heterocycles. The summed E-state index contributed by atoms with van der Waals surface area (Å²) in [5.74, 6) is 0. The lowest BCUT2D eigenvalue weighted by molar-refractivity contribution is 0.237. The fourth-order valence-electron chi connectivity index (χ4n) is 2.06. The van der Waals surface area contributed by atoms with Crippen LogP contribution in [0, 0.1) is 0 Å². The zero-order valence-corrected chi connectivity index (χ0v) is 8.29. The molecule has 1 aliphatic rings. The molecular weight excluding hydrogens is 166 g/mol. The maximum atomic E-state index is 11.4. The molecule has 0 amide bonds. The average Bonchev–Trinajstić information content (AvgIpc) is 2.35. The van der Waals surface area contributed by atoms with Crippen molar-refractivity contribution in [2.24, 2.45) is 7.05 Å². The van der Waals surface area contributed by atoms with E-state index in [9.17, 15) is 4.79 Å². The van der Waals surface area contributed by atoms with E-state index in [4.69, 9.17) is 0 Å². The third-order valence-electron chi connectivity index (χ3n) is 2.99. The number of hydrogen-bond donors (Lipinski definition) is 1. The van der Waals surface area contributed by atoms with Gasteiger partial charge < -0.3 is 0 Å². The molecule has 1 aromatic heterocycles. The summed E-state index contributed by atoms with van der Waals surface area (Å²) in [6.45, 7) is 3.10. The number of H-pyrrole nitrogens is 1. The van der Waals surface area contributed by atoms with Crippen LogP contribution in [-0.4, -0.2) is 28.3 Å². The van der Waals surface area contributed by atoms with Gasteiger partial charge in [0, 0.05) is 25.2 Å². The number of nitrogens with one attached hydrogen (secondary N) is 1. The minimum absolute atomic E-state index is 0.0810. The van der Waals surface area contributed by atoms with Crippen molar-refractivity contribution in [2.45, 2.75) is 19.4 Å². The largest absolute Gasteiger partial charge is 0.298 e. The van der Waals surface area contributed by atoms with E-state index >= 15 is 0 Å². The molecule has 0 radical (unpaired) electrons. The molecule has 1 aliphatic heterocycles.